The fourth-order valence-corrected chi connectivity index (χ4v) is 5.84. The molecule has 1 aromatic carbocycles. The monoisotopic (exact) mass is 441 g/mol. The van der Waals surface area contributed by atoms with Crippen LogP contribution in [0, 0.1) is 18.8 Å². The third-order valence-electron chi connectivity index (χ3n) is 6.28. The molecule has 2 aliphatic rings. The Morgan fingerprint density at radius 1 is 1.13 bits per heavy atom. The molecule has 1 aromatic heterocycles. The maximum Gasteiger partial charge on any atom is 0.252 e. The van der Waals surface area contributed by atoms with E-state index in [2.05, 4.69) is 19.2 Å². The number of carboxylic acids is 1. The minimum absolute atomic E-state index is 0.238. The maximum absolute atomic E-state index is 13.0. The van der Waals surface area contributed by atoms with Gasteiger partial charge in [-0.2, -0.15) is 0 Å². The summed E-state index contributed by atoms with van der Waals surface area (Å²) in [6.07, 6.45) is 0.288. The second kappa shape index (κ2) is 8.09. The lowest BCUT2D eigenvalue weighted by molar-refractivity contribution is -0.313. The number of thiophene rings is 1. The molecule has 2 amide bonds. The number of hydrogen-bond donors (Lipinski definition) is 2. The Labute approximate surface area is 184 Å². The van der Waals surface area contributed by atoms with E-state index in [1.54, 1.807) is 0 Å². The minimum atomic E-state index is -1.28. The number of rotatable bonds is 6. The second-order valence-electron chi connectivity index (χ2n) is 8.53. The Kier molecular flexibility index (Phi) is 5.61. The maximum atomic E-state index is 13.0. The van der Waals surface area contributed by atoms with E-state index in [4.69, 9.17) is 10.5 Å². The average Bonchev–Trinajstić information content (AvgIpc) is 3.40. The van der Waals surface area contributed by atoms with Crippen molar-refractivity contribution in [3.8, 4) is 11.1 Å². The predicted octanol–water partition coefficient (Wildman–Crippen LogP) is 2.43. The molecule has 4 rings (SSSR count). The number of carboxylic acid groups (broad SMARTS) is 1. The van der Waals surface area contributed by atoms with Crippen molar-refractivity contribution < 1.29 is 24.2 Å². The van der Waals surface area contributed by atoms with Crippen LogP contribution in [0.2, 0.25) is 0 Å². The summed E-state index contributed by atoms with van der Waals surface area (Å²) >= 11 is 1.25. The summed E-state index contributed by atoms with van der Waals surface area (Å²) in [5.74, 6) is -3.87. The topological polar surface area (TPSA) is 122 Å². The van der Waals surface area contributed by atoms with Crippen LogP contribution in [0.4, 0.5) is 5.00 Å². The number of aryl methyl sites for hydroxylation is 1. The normalized spacial score (nSPS) is 24.5. The first-order valence-electron chi connectivity index (χ1n) is 10.4. The number of fused-ring (bicyclic) bond motifs is 2. The van der Waals surface area contributed by atoms with Gasteiger partial charge < -0.3 is 25.7 Å². The highest BCUT2D eigenvalue weighted by Gasteiger charge is 2.53. The summed E-state index contributed by atoms with van der Waals surface area (Å²) in [6.45, 7) is 6.07. The first kappa shape index (κ1) is 21.5. The number of ether oxygens (including phenoxy) is 1. The molecule has 4 atom stereocenters. The second-order valence-corrected chi connectivity index (χ2v) is 9.75. The predicted molar refractivity (Wildman–Crippen MR) is 116 cm³/mol. The molecule has 0 spiro atoms. The van der Waals surface area contributed by atoms with Gasteiger partial charge in [-0.1, -0.05) is 38.1 Å². The van der Waals surface area contributed by atoms with Crippen molar-refractivity contribution in [1.29, 1.82) is 0 Å². The van der Waals surface area contributed by atoms with Gasteiger partial charge in [0.1, 0.15) is 5.00 Å². The van der Waals surface area contributed by atoms with Crippen molar-refractivity contribution in [2.75, 3.05) is 5.32 Å². The highest BCUT2D eigenvalue weighted by atomic mass is 32.1. The van der Waals surface area contributed by atoms with E-state index in [1.165, 1.54) is 16.9 Å². The molecule has 3 heterocycles. The number of aliphatic carboxylic acids is 1. The van der Waals surface area contributed by atoms with Gasteiger partial charge >= 0.3 is 0 Å². The first-order valence-corrected chi connectivity index (χ1v) is 11.2. The van der Waals surface area contributed by atoms with Crippen LogP contribution < -0.4 is 16.2 Å². The van der Waals surface area contributed by atoms with Crippen LogP contribution >= 0.6 is 11.3 Å². The molecule has 2 bridgehead atoms. The molecule has 2 saturated heterocycles. The van der Waals surface area contributed by atoms with Crippen molar-refractivity contribution in [2.24, 2.45) is 17.6 Å². The van der Waals surface area contributed by atoms with Gasteiger partial charge in [0.2, 0.25) is 5.91 Å². The molecule has 8 heteroatoms. The van der Waals surface area contributed by atoms with Gasteiger partial charge in [0.05, 0.1) is 23.7 Å². The fraction of sp³-hybridized carbons (Fsp3) is 0.435. The summed E-state index contributed by atoms with van der Waals surface area (Å²) < 4.78 is 5.65. The largest absolute Gasteiger partial charge is 0.550 e. The van der Waals surface area contributed by atoms with Crippen LogP contribution in [0.3, 0.4) is 0 Å². The molecule has 164 valence electrons. The van der Waals surface area contributed by atoms with Crippen LogP contribution in [-0.4, -0.2) is 30.0 Å². The summed E-state index contributed by atoms with van der Waals surface area (Å²) in [4.78, 5) is 37.8. The summed E-state index contributed by atoms with van der Waals surface area (Å²) in [6, 6.07) is 7.91. The molecule has 0 aliphatic carbocycles. The van der Waals surface area contributed by atoms with Crippen LogP contribution in [0.15, 0.2) is 24.3 Å². The van der Waals surface area contributed by atoms with E-state index in [-0.39, 0.29) is 5.56 Å². The van der Waals surface area contributed by atoms with E-state index >= 15 is 0 Å². The molecular weight excluding hydrogens is 416 g/mol. The summed E-state index contributed by atoms with van der Waals surface area (Å²) in [5, 5.41) is 14.7. The molecule has 31 heavy (non-hydrogen) atoms. The Morgan fingerprint density at radius 2 is 1.74 bits per heavy atom. The number of carbonyl (C=O) groups is 3. The number of carbonyl (C=O) groups excluding carboxylic acids is 3. The van der Waals surface area contributed by atoms with Crippen LogP contribution in [-0.2, 0) is 14.3 Å². The van der Waals surface area contributed by atoms with E-state index in [9.17, 15) is 19.5 Å². The number of hydrogen-bond acceptors (Lipinski definition) is 6. The summed E-state index contributed by atoms with van der Waals surface area (Å²) in [5.41, 5.74) is 8.63. The van der Waals surface area contributed by atoms with Crippen molar-refractivity contribution in [3.05, 3.63) is 40.3 Å². The Morgan fingerprint density at radius 3 is 2.29 bits per heavy atom. The van der Waals surface area contributed by atoms with Gasteiger partial charge in [-0.25, -0.2) is 0 Å². The van der Waals surface area contributed by atoms with Crippen LogP contribution in [0.1, 0.15) is 53.4 Å². The van der Waals surface area contributed by atoms with E-state index in [1.807, 2.05) is 31.2 Å². The Bertz CT molecular complexity index is 1040. The van der Waals surface area contributed by atoms with Crippen molar-refractivity contribution in [1.82, 2.24) is 0 Å². The quantitative estimate of drug-likeness (QED) is 0.713. The minimum Gasteiger partial charge on any atom is -0.550 e. The molecule has 7 nitrogen and oxygen atoms in total. The zero-order chi connectivity index (χ0) is 22.4. The van der Waals surface area contributed by atoms with Gasteiger partial charge in [-0.3, -0.25) is 9.59 Å². The van der Waals surface area contributed by atoms with Gasteiger partial charge in [-0.05, 0) is 36.8 Å². The van der Waals surface area contributed by atoms with Crippen LogP contribution in [0.5, 0.6) is 0 Å². The molecule has 2 fully saturated rings. The number of amides is 2. The zero-order valence-corrected chi connectivity index (χ0v) is 18.5. The van der Waals surface area contributed by atoms with E-state index in [0.717, 1.165) is 10.4 Å². The van der Waals surface area contributed by atoms with Crippen molar-refractivity contribution in [2.45, 2.75) is 51.7 Å². The Balaban J connectivity index is 1.67. The van der Waals surface area contributed by atoms with E-state index in [0.29, 0.717) is 29.3 Å². The highest BCUT2D eigenvalue weighted by Crippen LogP contribution is 2.45. The first-order chi connectivity index (χ1) is 14.7. The lowest BCUT2D eigenvalue weighted by atomic mass is 9.78. The molecule has 0 unspecified atom stereocenters. The number of primary amides is 1. The molecule has 0 saturated carbocycles. The molecular formula is C23H25N2O5S-. The smallest absolute Gasteiger partial charge is 0.252 e. The lowest BCUT2D eigenvalue weighted by Crippen LogP contribution is -2.46. The highest BCUT2D eigenvalue weighted by molar-refractivity contribution is 7.17. The lowest BCUT2D eigenvalue weighted by Gasteiger charge is -2.27. The number of nitrogens with two attached hydrogens (primary N) is 1. The van der Waals surface area contributed by atoms with E-state index < -0.39 is 41.8 Å². The Hall–Kier alpha value is -2.71. The van der Waals surface area contributed by atoms with Crippen LogP contribution in [0.25, 0.3) is 11.1 Å². The molecule has 2 aromatic rings. The zero-order valence-electron chi connectivity index (χ0n) is 17.6. The number of nitrogens with one attached hydrogen (secondary N) is 1. The number of anilines is 1. The van der Waals surface area contributed by atoms with Crippen molar-refractivity contribution >= 4 is 34.1 Å². The molecule has 3 N–H and O–H groups in total. The standard InChI is InChI=1S/C23H26N2O5S/c1-10(2)12-4-6-13(7-5-12)16-11(3)31-22(19(16)20(24)26)25-21(27)17-14-8-9-15(30-14)18(17)23(28)29/h4-7,10,14-15,17-18H,8-9H2,1-3H3,(H2,24,26)(H,25,27)(H,28,29)/p-1/t14-,15+,17-,18-/m0/s1. The number of benzene rings is 1. The van der Waals surface area contributed by atoms with Gasteiger partial charge in [0.15, 0.2) is 0 Å². The van der Waals surface area contributed by atoms with Gasteiger partial charge in [-0.15, -0.1) is 11.3 Å². The van der Waals surface area contributed by atoms with Gasteiger partial charge in [0.25, 0.3) is 5.91 Å². The third-order valence-corrected chi connectivity index (χ3v) is 7.30. The molecule has 2 aliphatic heterocycles. The average molecular weight is 442 g/mol. The summed E-state index contributed by atoms with van der Waals surface area (Å²) in [7, 11) is 0. The van der Waals surface area contributed by atoms with Crippen molar-refractivity contribution in [3.63, 3.8) is 0 Å². The SMILES string of the molecule is Cc1sc(NC(=O)[C@@H]2[C@@H](C(=O)[O-])[C@H]3CC[C@@H]2O3)c(C(N)=O)c1-c1ccc(C(C)C)cc1. The van der Waals surface area contributed by atoms with Gasteiger partial charge in [0, 0.05) is 22.3 Å². The molecule has 0 radical (unpaired) electrons. The third kappa shape index (κ3) is 3.74. The fourth-order valence-electron chi connectivity index (χ4n) is 4.76.